The van der Waals surface area contributed by atoms with Gasteiger partial charge in [0.1, 0.15) is 19.1 Å². The Kier molecular flexibility index (Phi) is 5.46. The molecule has 0 bridgehead atoms. The van der Waals surface area contributed by atoms with Crippen molar-refractivity contribution in [1.29, 1.82) is 0 Å². The Bertz CT molecular complexity index is 667. The van der Waals surface area contributed by atoms with Crippen LogP contribution in [0.25, 0.3) is 10.8 Å². The molecule has 0 unspecified atom stereocenters. The Morgan fingerprint density at radius 2 is 1.91 bits per heavy atom. The molecule has 6 N–H and O–H groups in total. The lowest BCUT2D eigenvalue weighted by molar-refractivity contribution is -0.695. The highest BCUT2D eigenvalue weighted by Crippen LogP contribution is 2.22. The zero-order valence-electron chi connectivity index (χ0n) is 12.2. The quantitative estimate of drug-likeness (QED) is 0.554. The van der Waals surface area contributed by atoms with E-state index in [4.69, 9.17) is 0 Å². The summed E-state index contributed by atoms with van der Waals surface area (Å²) in [5.41, 5.74) is 4.33. The lowest BCUT2D eigenvalue weighted by atomic mass is 10.1. The van der Waals surface area contributed by atoms with E-state index in [1.165, 1.54) is 0 Å². The number of rotatable bonds is 7. The number of carboxylic acid groups (broad SMARTS) is 1. The second-order valence-corrected chi connectivity index (χ2v) is 5.08. The number of quaternary nitrogens is 2. The molecule has 0 fully saturated rings. The van der Waals surface area contributed by atoms with E-state index in [-0.39, 0.29) is 12.3 Å². The SMILES string of the molecule is [NH3+]CC[NH2+][C@H](CC(=O)Nc1cccc2ccccc12)C(=O)[O-]. The smallest absolute Gasteiger partial charge is 0.230 e. The molecule has 116 valence electrons. The number of carbonyl (C=O) groups excluding carboxylic acids is 2. The molecule has 0 saturated carbocycles. The first-order chi connectivity index (χ1) is 10.6. The lowest BCUT2D eigenvalue weighted by Gasteiger charge is -2.16. The molecule has 0 aromatic heterocycles. The highest BCUT2D eigenvalue weighted by molar-refractivity contribution is 6.02. The fraction of sp³-hybridized carbons (Fsp3) is 0.250. The minimum atomic E-state index is -1.23. The van der Waals surface area contributed by atoms with Crippen LogP contribution in [0.3, 0.4) is 0 Å². The van der Waals surface area contributed by atoms with E-state index >= 15 is 0 Å². The van der Waals surface area contributed by atoms with Crippen molar-refractivity contribution in [2.45, 2.75) is 12.5 Å². The molecule has 0 aliphatic heterocycles. The van der Waals surface area contributed by atoms with Crippen molar-refractivity contribution in [3.8, 4) is 0 Å². The fourth-order valence-electron chi connectivity index (χ4n) is 2.32. The number of carboxylic acids is 1. The van der Waals surface area contributed by atoms with E-state index < -0.39 is 12.0 Å². The van der Waals surface area contributed by atoms with E-state index in [1.54, 1.807) is 11.4 Å². The van der Waals surface area contributed by atoms with E-state index in [0.717, 1.165) is 10.8 Å². The lowest BCUT2D eigenvalue weighted by Crippen LogP contribution is -2.95. The van der Waals surface area contributed by atoms with Crippen LogP contribution in [0.4, 0.5) is 5.69 Å². The predicted molar refractivity (Wildman–Crippen MR) is 80.5 cm³/mol. The Labute approximate surface area is 128 Å². The van der Waals surface area contributed by atoms with Crippen molar-refractivity contribution in [1.82, 2.24) is 0 Å². The number of aliphatic carboxylic acids is 1. The Morgan fingerprint density at radius 3 is 2.64 bits per heavy atom. The van der Waals surface area contributed by atoms with Gasteiger partial charge in [-0.3, -0.25) is 4.79 Å². The minimum absolute atomic E-state index is 0.133. The monoisotopic (exact) mass is 302 g/mol. The maximum absolute atomic E-state index is 12.1. The molecular formula is C16H20N3O3+. The summed E-state index contributed by atoms with van der Waals surface area (Å²) < 4.78 is 0. The highest BCUT2D eigenvalue weighted by atomic mass is 16.4. The second kappa shape index (κ2) is 7.53. The van der Waals surface area contributed by atoms with Crippen molar-refractivity contribution in [2.75, 3.05) is 18.4 Å². The third-order valence-electron chi connectivity index (χ3n) is 3.43. The fourth-order valence-corrected chi connectivity index (χ4v) is 2.32. The summed E-state index contributed by atoms with van der Waals surface area (Å²) >= 11 is 0. The van der Waals surface area contributed by atoms with Crippen molar-refractivity contribution < 1.29 is 25.7 Å². The normalized spacial score (nSPS) is 12.0. The van der Waals surface area contributed by atoms with Gasteiger partial charge in [-0.25, -0.2) is 0 Å². The third kappa shape index (κ3) is 4.03. The van der Waals surface area contributed by atoms with E-state index in [9.17, 15) is 14.7 Å². The number of nitrogens with two attached hydrogens (primary N) is 1. The number of amides is 1. The zero-order valence-corrected chi connectivity index (χ0v) is 12.2. The molecule has 2 aromatic rings. The first-order valence-electron chi connectivity index (χ1n) is 7.23. The van der Waals surface area contributed by atoms with Crippen LogP contribution < -0.4 is 21.5 Å². The molecule has 6 heteroatoms. The summed E-state index contributed by atoms with van der Waals surface area (Å²) in [6.45, 7) is 1.13. The molecule has 2 rings (SSSR count). The molecular weight excluding hydrogens is 282 g/mol. The van der Waals surface area contributed by atoms with Crippen LogP contribution in [0.15, 0.2) is 42.5 Å². The summed E-state index contributed by atoms with van der Waals surface area (Å²) in [4.78, 5) is 23.2. The number of nitrogens with one attached hydrogen (secondary N) is 1. The first kappa shape index (κ1) is 15.9. The van der Waals surface area contributed by atoms with Gasteiger partial charge in [0.15, 0.2) is 0 Å². The molecule has 0 aliphatic carbocycles. The average Bonchev–Trinajstić information content (AvgIpc) is 2.51. The van der Waals surface area contributed by atoms with Gasteiger partial charge in [-0.2, -0.15) is 0 Å². The number of hydrogen-bond donors (Lipinski definition) is 3. The van der Waals surface area contributed by atoms with Crippen molar-refractivity contribution in [3.05, 3.63) is 42.5 Å². The van der Waals surface area contributed by atoms with Gasteiger partial charge in [0.05, 0.1) is 12.4 Å². The van der Waals surface area contributed by atoms with E-state index in [0.29, 0.717) is 18.8 Å². The first-order valence-corrected chi connectivity index (χ1v) is 7.23. The van der Waals surface area contributed by atoms with Gasteiger partial charge in [0.2, 0.25) is 5.91 Å². The molecule has 1 amide bonds. The minimum Gasteiger partial charge on any atom is -0.544 e. The molecule has 2 aromatic carbocycles. The van der Waals surface area contributed by atoms with Gasteiger partial charge in [-0.15, -0.1) is 0 Å². The molecule has 22 heavy (non-hydrogen) atoms. The number of hydrogen-bond acceptors (Lipinski definition) is 3. The van der Waals surface area contributed by atoms with Crippen molar-refractivity contribution >= 4 is 28.3 Å². The van der Waals surface area contributed by atoms with Crippen LogP contribution in [0.5, 0.6) is 0 Å². The largest absolute Gasteiger partial charge is 0.544 e. The van der Waals surface area contributed by atoms with Gasteiger partial charge >= 0.3 is 0 Å². The zero-order chi connectivity index (χ0) is 15.9. The van der Waals surface area contributed by atoms with Crippen LogP contribution >= 0.6 is 0 Å². The highest BCUT2D eigenvalue weighted by Gasteiger charge is 2.18. The van der Waals surface area contributed by atoms with Crippen LogP contribution in [0, 0.1) is 0 Å². The van der Waals surface area contributed by atoms with E-state index in [1.807, 2.05) is 36.4 Å². The second-order valence-electron chi connectivity index (χ2n) is 5.08. The van der Waals surface area contributed by atoms with Crippen LogP contribution in [-0.2, 0) is 9.59 Å². The molecule has 6 nitrogen and oxygen atoms in total. The summed E-state index contributed by atoms with van der Waals surface area (Å²) in [6.07, 6.45) is -0.133. The molecule has 1 atom stereocenters. The van der Waals surface area contributed by atoms with Gasteiger partial charge in [-0.05, 0) is 11.5 Å². The van der Waals surface area contributed by atoms with Crippen LogP contribution in [0.1, 0.15) is 6.42 Å². The van der Waals surface area contributed by atoms with Crippen molar-refractivity contribution in [2.24, 2.45) is 0 Å². The molecule has 0 radical (unpaired) electrons. The van der Waals surface area contributed by atoms with Gasteiger partial charge in [0.25, 0.3) is 0 Å². The molecule has 0 spiro atoms. The Balaban J connectivity index is 2.08. The maximum atomic E-state index is 12.1. The summed E-state index contributed by atoms with van der Waals surface area (Å²) in [5, 5.41) is 17.4. The third-order valence-corrected chi connectivity index (χ3v) is 3.43. The number of fused-ring (bicyclic) bond motifs is 1. The summed E-state index contributed by atoms with van der Waals surface area (Å²) in [6, 6.07) is 12.4. The molecule has 0 aliphatic rings. The number of carbonyl (C=O) groups is 2. The van der Waals surface area contributed by atoms with Gasteiger partial charge in [0, 0.05) is 11.1 Å². The van der Waals surface area contributed by atoms with Crippen LogP contribution in [0.2, 0.25) is 0 Å². The average molecular weight is 302 g/mol. The van der Waals surface area contributed by atoms with Crippen LogP contribution in [-0.4, -0.2) is 31.0 Å². The Hall–Kier alpha value is -2.44. The van der Waals surface area contributed by atoms with E-state index in [2.05, 4.69) is 11.1 Å². The standard InChI is InChI=1S/C16H19N3O3/c17-8-9-18-14(16(21)22)10-15(20)19-13-7-3-5-11-4-1-2-6-12(11)13/h1-7,14,18H,8-10,17H2,(H,19,20)(H,21,22)/p+1/t14-/m1/s1. The van der Waals surface area contributed by atoms with Gasteiger partial charge < -0.3 is 26.3 Å². The van der Waals surface area contributed by atoms with Gasteiger partial charge in [-0.1, -0.05) is 36.4 Å². The maximum Gasteiger partial charge on any atom is 0.230 e. The number of benzene rings is 2. The molecule has 0 heterocycles. The molecule has 0 saturated heterocycles. The Morgan fingerprint density at radius 1 is 1.18 bits per heavy atom. The number of anilines is 1. The van der Waals surface area contributed by atoms with Crippen molar-refractivity contribution in [3.63, 3.8) is 0 Å². The summed E-state index contributed by atoms with van der Waals surface area (Å²) in [7, 11) is 0. The predicted octanol–water partition coefficient (Wildman–Crippen LogP) is -1.91. The topological polar surface area (TPSA) is 113 Å². The summed E-state index contributed by atoms with van der Waals surface area (Å²) in [5.74, 6) is -1.58.